The van der Waals surface area contributed by atoms with Crippen LogP contribution in [0.15, 0.2) is 58.1 Å². The van der Waals surface area contributed by atoms with Crippen LogP contribution in [0.4, 0.5) is 0 Å². The molecule has 2 N–H and O–H groups in total. The second-order valence-corrected chi connectivity index (χ2v) is 7.94. The molecule has 0 bridgehead atoms. The molecule has 1 fully saturated rings. The minimum Gasteiger partial charge on any atom is -0.469 e. The molecule has 3 rings (SSSR count). The first-order valence-electron chi connectivity index (χ1n) is 11.1. The number of benzene rings is 1. The summed E-state index contributed by atoms with van der Waals surface area (Å²) < 4.78 is 10.6. The standard InChI is InChI=1S/C24H36N4O2/c1-20(21-8-4-3-5-9-21)26-24(25-14-11-23-10-6-19-30-23)27-22-12-16-28(17-13-22)15-7-18-29-2/h3-6,8-10,19-20,22H,7,11-18H2,1-2H3,(H2,25,26,27). The van der Waals surface area contributed by atoms with Crippen LogP contribution in [-0.4, -0.2) is 56.8 Å². The number of aliphatic imine (C=N–C) groups is 1. The Balaban J connectivity index is 1.54. The van der Waals surface area contributed by atoms with Gasteiger partial charge in [-0.2, -0.15) is 0 Å². The summed E-state index contributed by atoms with van der Waals surface area (Å²) >= 11 is 0. The van der Waals surface area contributed by atoms with E-state index in [1.165, 1.54) is 5.56 Å². The normalized spacial score (nSPS) is 17.1. The van der Waals surface area contributed by atoms with Crippen molar-refractivity contribution in [3.63, 3.8) is 0 Å². The lowest BCUT2D eigenvalue weighted by molar-refractivity contribution is 0.155. The summed E-state index contributed by atoms with van der Waals surface area (Å²) in [5.41, 5.74) is 1.26. The van der Waals surface area contributed by atoms with Gasteiger partial charge in [-0.25, -0.2) is 0 Å². The van der Waals surface area contributed by atoms with Crippen LogP contribution in [0.25, 0.3) is 0 Å². The van der Waals surface area contributed by atoms with Crippen LogP contribution in [0.2, 0.25) is 0 Å². The molecular weight excluding hydrogens is 376 g/mol. The van der Waals surface area contributed by atoms with Crippen molar-refractivity contribution in [2.24, 2.45) is 4.99 Å². The number of nitrogens with zero attached hydrogens (tertiary/aromatic N) is 2. The molecule has 164 valence electrons. The summed E-state index contributed by atoms with van der Waals surface area (Å²) in [7, 11) is 1.77. The molecule has 0 radical (unpaired) electrons. The molecule has 1 unspecified atom stereocenters. The molecule has 6 heteroatoms. The lowest BCUT2D eigenvalue weighted by atomic mass is 10.0. The minimum absolute atomic E-state index is 0.190. The van der Waals surface area contributed by atoms with Crippen LogP contribution in [0.5, 0.6) is 0 Å². The molecule has 0 saturated carbocycles. The van der Waals surface area contributed by atoms with Gasteiger partial charge in [0.2, 0.25) is 0 Å². The number of likely N-dealkylation sites (tertiary alicyclic amines) is 1. The van der Waals surface area contributed by atoms with Crippen molar-refractivity contribution in [1.29, 1.82) is 0 Å². The van der Waals surface area contributed by atoms with Gasteiger partial charge in [0.15, 0.2) is 5.96 Å². The van der Waals surface area contributed by atoms with Gasteiger partial charge < -0.3 is 24.7 Å². The van der Waals surface area contributed by atoms with Gasteiger partial charge in [-0.05, 0) is 43.9 Å². The molecule has 0 aliphatic carbocycles. The van der Waals surface area contributed by atoms with E-state index in [9.17, 15) is 0 Å². The van der Waals surface area contributed by atoms with Gasteiger partial charge in [0.05, 0.1) is 12.3 Å². The van der Waals surface area contributed by atoms with Crippen LogP contribution in [-0.2, 0) is 11.2 Å². The number of furan rings is 1. The van der Waals surface area contributed by atoms with Gasteiger partial charge in [0.25, 0.3) is 0 Å². The van der Waals surface area contributed by atoms with Gasteiger partial charge in [-0.1, -0.05) is 30.3 Å². The van der Waals surface area contributed by atoms with Crippen molar-refractivity contribution in [2.45, 2.75) is 44.7 Å². The first-order chi connectivity index (χ1) is 14.7. The zero-order valence-corrected chi connectivity index (χ0v) is 18.3. The Morgan fingerprint density at radius 1 is 1.20 bits per heavy atom. The van der Waals surface area contributed by atoms with E-state index >= 15 is 0 Å². The highest BCUT2D eigenvalue weighted by atomic mass is 16.5. The highest BCUT2D eigenvalue weighted by Crippen LogP contribution is 2.13. The fourth-order valence-corrected chi connectivity index (χ4v) is 3.82. The fourth-order valence-electron chi connectivity index (χ4n) is 3.82. The number of rotatable bonds is 10. The Labute approximate surface area is 180 Å². The molecule has 1 aromatic heterocycles. The van der Waals surface area contributed by atoms with E-state index in [-0.39, 0.29) is 6.04 Å². The summed E-state index contributed by atoms with van der Waals surface area (Å²) in [6, 6.07) is 15.1. The molecule has 1 aromatic carbocycles. The number of hydrogen-bond acceptors (Lipinski definition) is 4. The number of piperidine rings is 1. The van der Waals surface area contributed by atoms with Crippen LogP contribution in [0.1, 0.15) is 43.6 Å². The van der Waals surface area contributed by atoms with E-state index in [1.807, 2.05) is 18.2 Å². The highest BCUT2D eigenvalue weighted by Gasteiger charge is 2.20. The number of hydrogen-bond donors (Lipinski definition) is 2. The van der Waals surface area contributed by atoms with E-state index in [0.29, 0.717) is 12.6 Å². The van der Waals surface area contributed by atoms with Crippen molar-refractivity contribution < 1.29 is 9.15 Å². The van der Waals surface area contributed by atoms with Gasteiger partial charge in [0.1, 0.15) is 5.76 Å². The van der Waals surface area contributed by atoms with E-state index in [2.05, 4.69) is 46.7 Å². The predicted molar refractivity (Wildman–Crippen MR) is 122 cm³/mol. The zero-order valence-electron chi connectivity index (χ0n) is 18.3. The summed E-state index contributed by atoms with van der Waals surface area (Å²) in [6.07, 6.45) is 5.88. The molecule has 6 nitrogen and oxygen atoms in total. The Kier molecular flexibility index (Phi) is 9.25. The number of nitrogens with one attached hydrogen (secondary N) is 2. The first kappa shape index (κ1) is 22.4. The fraction of sp³-hybridized carbons (Fsp3) is 0.542. The van der Waals surface area contributed by atoms with Gasteiger partial charge in [-0.3, -0.25) is 4.99 Å². The molecule has 2 heterocycles. The summed E-state index contributed by atoms with van der Waals surface area (Å²) in [5.74, 6) is 1.86. The van der Waals surface area contributed by atoms with Gasteiger partial charge in [-0.15, -0.1) is 0 Å². The quantitative estimate of drug-likeness (QED) is 0.355. The summed E-state index contributed by atoms with van der Waals surface area (Å²) in [4.78, 5) is 7.37. The molecular formula is C24H36N4O2. The van der Waals surface area contributed by atoms with Crippen molar-refractivity contribution >= 4 is 5.96 Å². The Morgan fingerprint density at radius 2 is 2.00 bits per heavy atom. The average Bonchev–Trinajstić information content (AvgIpc) is 3.29. The van der Waals surface area contributed by atoms with Crippen LogP contribution in [0, 0.1) is 0 Å². The highest BCUT2D eigenvalue weighted by molar-refractivity contribution is 5.80. The molecule has 30 heavy (non-hydrogen) atoms. The lowest BCUT2D eigenvalue weighted by Gasteiger charge is -2.33. The van der Waals surface area contributed by atoms with E-state index in [0.717, 1.165) is 63.6 Å². The topological polar surface area (TPSA) is 62.0 Å². The number of methoxy groups -OCH3 is 1. The smallest absolute Gasteiger partial charge is 0.191 e. The Bertz CT molecular complexity index is 725. The van der Waals surface area contributed by atoms with Crippen LogP contribution < -0.4 is 10.6 Å². The van der Waals surface area contributed by atoms with Crippen molar-refractivity contribution in [2.75, 3.05) is 39.9 Å². The van der Waals surface area contributed by atoms with E-state index in [1.54, 1.807) is 13.4 Å². The lowest BCUT2D eigenvalue weighted by Crippen LogP contribution is -2.49. The molecule has 0 amide bonds. The maximum absolute atomic E-state index is 5.44. The molecule has 1 aliphatic heterocycles. The van der Waals surface area contributed by atoms with Crippen molar-refractivity contribution in [1.82, 2.24) is 15.5 Å². The third-order valence-electron chi connectivity index (χ3n) is 5.61. The average molecular weight is 413 g/mol. The number of guanidine groups is 1. The molecule has 1 saturated heterocycles. The second-order valence-electron chi connectivity index (χ2n) is 7.94. The second kappa shape index (κ2) is 12.4. The SMILES string of the molecule is COCCCN1CCC(NC(=NCCc2ccco2)NC(C)c2ccccc2)CC1. The third kappa shape index (κ3) is 7.50. The maximum atomic E-state index is 5.44. The summed E-state index contributed by atoms with van der Waals surface area (Å²) in [5, 5.41) is 7.27. The Hall–Kier alpha value is -2.31. The van der Waals surface area contributed by atoms with Crippen molar-refractivity contribution in [3.05, 3.63) is 60.1 Å². The first-order valence-corrected chi connectivity index (χ1v) is 11.1. The molecule has 1 atom stereocenters. The maximum Gasteiger partial charge on any atom is 0.191 e. The predicted octanol–water partition coefficient (Wildman–Crippen LogP) is 3.62. The Morgan fingerprint density at radius 3 is 2.70 bits per heavy atom. The molecule has 2 aromatic rings. The van der Waals surface area contributed by atoms with Gasteiger partial charge >= 0.3 is 0 Å². The monoisotopic (exact) mass is 412 g/mol. The summed E-state index contributed by atoms with van der Waals surface area (Å²) in [6.45, 7) is 7.07. The minimum atomic E-state index is 0.190. The van der Waals surface area contributed by atoms with Crippen LogP contribution >= 0.6 is 0 Å². The number of ether oxygens (including phenoxy) is 1. The third-order valence-corrected chi connectivity index (χ3v) is 5.61. The van der Waals surface area contributed by atoms with E-state index in [4.69, 9.17) is 14.1 Å². The molecule has 1 aliphatic rings. The van der Waals surface area contributed by atoms with Gasteiger partial charge in [0, 0.05) is 52.4 Å². The largest absolute Gasteiger partial charge is 0.469 e. The molecule has 0 spiro atoms. The van der Waals surface area contributed by atoms with Crippen molar-refractivity contribution in [3.8, 4) is 0 Å². The zero-order chi connectivity index (χ0) is 21.0. The van der Waals surface area contributed by atoms with Crippen LogP contribution in [0.3, 0.4) is 0 Å². The van der Waals surface area contributed by atoms with E-state index < -0.39 is 0 Å².